The van der Waals surface area contributed by atoms with Gasteiger partial charge in [0.25, 0.3) is 5.91 Å². The van der Waals surface area contributed by atoms with Gasteiger partial charge in [0.15, 0.2) is 5.76 Å². The summed E-state index contributed by atoms with van der Waals surface area (Å²) in [7, 11) is 0. The summed E-state index contributed by atoms with van der Waals surface area (Å²) < 4.78 is 11.1. The summed E-state index contributed by atoms with van der Waals surface area (Å²) in [6, 6.07) is 10.8. The normalized spacial score (nSPS) is 21.5. The van der Waals surface area contributed by atoms with E-state index >= 15 is 0 Å². The number of halogens is 1. The van der Waals surface area contributed by atoms with Crippen molar-refractivity contribution in [1.82, 2.24) is 14.7 Å². The molecule has 0 radical (unpaired) electrons. The van der Waals surface area contributed by atoms with Crippen molar-refractivity contribution >= 4 is 23.4 Å². The van der Waals surface area contributed by atoms with Crippen LogP contribution in [-0.2, 0) is 9.53 Å². The van der Waals surface area contributed by atoms with E-state index in [-0.39, 0.29) is 24.0 Å². The number of furan rings is 1. The number of hydrogen-bond acceptors (Lipinski definition) is 5. The van der Waals surface area contributed by atoms with Crippen LogP contribution in [0.25, 0.3) is 0 Å². The standard InChI is InChI=1S/C22H26ClN3O4/c1-16(26-12-14-30-20(15-26)17-4-6-18(23)7-5-17)21(27)24-8-10-25(11-9-24)22(28)19-3-2-13-29-19/h2-7,13,16,20H,8-12,14-15H2,1H3/t16-,20-/m1/s1. The molecule has 0 unspecified atom stereocenters. The summed E-state index contributed by atoms with van der Waals surface area (Å²) >= 11 is 5.98. The van der Waals surface area contributed by atoms with Crippen LogP contribution in [0.5, 0.6) is 0 Å². The van der Waals surface area contributed by atoms with Gasteiger partial charge in [-0.05, 0) is 36.8 Å². The molecule has 2 fully saturated rings. The maximum atomic E-state index is 13.1. The van der Waals surface area contributed by atoms with Crippen LogP contribution >= 0.6 is 11.6 Å². The Morgan fingerprint density at radius 1 is 1.03 bits per heavy atom. The molecule has 2 atom stereocenters. The smallest absolute Gasteiger partial charge is 0.289 e. The number of benzene rings is 1. The van der Waals surface area contributed by atoms with Crippen LogP contribution in [0.15, 0.2) is 47.1 Å². The summed E-state index contributed by atoms with van der Waals surface area (Å²) in [5.74, 6) is 0.306. The van der Waals surface area contributed by atoms with Crippen LogP contribution in [0, 0.1) is 0 Å². The minimum atomic E-state index is -0.240. The zero-order valence-electron chi connectivity index (χ0n) is 17.0. The van der Waals surface area contributed by atoms with Crippen LogP contribution in [-0.4, -0.2) is 78.4 Å². The summed E-state index contributed by atoms with van der Waals surface area (Å²) in [6.07, 6.45) is 1.42. The SMILES string of the molecule is C[C@H](C(=O)N1CCN(C(=O)c2ccco2)CC1)N1CCO[C@@H](c2ccc(Cl)cc2)C1. The second-order valence-corrected chi connectivity index (χ2v) is 8.11. The fourth-order valence-corrected chi connectivity index (χ4v) is 4.13. The molecule has 3 heterocycles. The molecule has 2 amide bonds. The Labute approximate surface area is 181 Å². The second-order valence-electron chi connectivity index (χ2n) is 7.68. The Morgan fingerprint density at radius 3 is 2.40 bits per heavy atom. The molecule has 0 aliphatic carbocycles. The van der Waals surface area contributed by atoms with Crippen molar-refractivity contribution in [3.63, 3.8) is 0 Å². The van der Waals surface area contributed by atoms with E-state index in [4.69, 9.17) is 20.8 Å². The highest BCUT2D eigenvalue weighted by Gasteiger charge is 2.33. The number of carbonyl (C=O) groups is 2. The van der Waals surface area contributed by atoms with E-state index in [1.165, 1.54) is 6.26 Å². The topological polar surface area (TPSA) is 66.2 Å². The lowest BCUT2D eigenvalue weighted by molar-refractivity contribution is -0.141. The quantitative estimate of drug-likeness (QED) is 0.744. The Hall–Kier alpha value is -2.35. The maximum absolute atomic E-state index is 13.1. The third-order valence-electron chi connectivity index (χ3n) is 5.86. The predicted molar refractivity (Wildman–Crippen MR) is 112 cm³/mol. The Kier molecular flexibility index (Phi) is 6.41. The van der Waals surface area contributed by atoms with Gasteiger partial charge in [0, 0.05) is 44.3 Å². The summed E-state index contributed by atoms with van der Waals surface area (Å²) in [5.41, 5.74) is 1.06. The molecule has 7 nitrogen and oxygen atoms in total. The largest absolute Gasteiger partial charge is 0.459 e. The first kappa shape index (κ1) is 20.9. The molecule has 2 saturated heterocycles. The van der Waals surface area contributed by atoms with Gasteiger partial charge < -0.3 is 19.0 Å². The number of rotatable bonds is 4. The highest BCUT2D eigenvalue weighted by atomic mass is 35.5. The van der Waals surface area contributed by atoms with Gasteiger partial charge in [-0.2, -0.15) is 0 Å². The van der Waals surface area contributed by atoms with Crippen LogP contribution < -0.4 is 0 Å². The maximum Gasteiger partial charge on any atom is 0.289 e. The molecule has 160 valence electrons. The molecule has 1 aromatic carbocycles. The molecule has 2 aliphatic heterocycles. The Balaban J connectivity index is 1.32. The van der Waals surface area contributed by atoms with Crippen molar-refractivity contribution in [3.8, 4) is 0 Å². The highest BCUT2D eigenvalue weighted by molar-refractivity contribution is 6.30. The number of piperazine rings is 1. The van der Waals surface area contributed by atoms with Crippen molar-refractivity contribution in [2.75, 3.05) is 45.9 Å². The minimum absolute atomic E-state index is 0.0750. The number of carbonyl (C=O) groups excluding carboxylic acids is 2. The number of nitrogens with zero attached hydrogens (tertiary/aromatic N) is 3. The molecular formula is C22H26ClN3O4. The minimum Gasteiger partial charge on any atom is -0.459 e. The van der Waals surface area contributed by atoms with Crippen molar-refractivity contribution in [2.24, 2.45) is 0 Å². The van der Waals surface area contributed by atoms with Crippen LogP contribution in [0.2, 0.25) is 5.02 Å². The molecule has 1 aromatic heterocycles. The molecule has 30 heavy (non-hydrogen) atoms. The number of hydrogen-bond donors (Lipinski definition) is 0. The first-order valence-electron chi connectivity index (χ1n) is 10.3. The third kappa shape index (κ3) is 4.53. The molecule has 2 aromatic rings. The molecular weight excluding hydrogens is 406 g/mol. The Bertz CT molecular complexity index is 863. The van der Waals surface area contributed by atoms with Crippen molar-refractivity contribution < 1.29 is 18.7 Å². The fourth-order valence-electron chi connectivity index (χ4n) is 4.01. The molecule has 4 rings (SSSR count). The van der Waals surface area contributed by atoms with E-state index in [9.17, 15) is 9.59 Å². The van der Waals surface area contributed by atoms with Crippen LogP contribution in [0.1, 0.15) is 29.1 Å². The van der Waals surface area contributed by atoms with Crippen LogP contribution in [0.4, 0.5) is 0 Å². The predicted octanol–water partition coefficient (Wildman–Crippen LogP) is 2.68. The zero-order chi connectivity index (χ0) is 21.1. The lowest BCUT2D eigenvalue weighted by Crippen LogP contribution is -2.56. The molecule has 2 aliphatic rings. The number of ether oxygens (including phenoxy) is 1. The second kappa shape index (κ2) is 9.20. The van der Waals surface area contributed by atoms with Crippen LogP contribution in [0.3, 0.4) is 0 Å². The fraction of sp³-hybridized carbons (Fsp3) is 0.455. The summed E-state index contributed by atoms with van der Waals surface area (Å²) in [4.78, 5) is 31.3. The number of morpholine rings is 1. The van der Waals surface area contributed by atoms with Gasteiger partial charge in [-0.15, -0.1) is 0 Å². The average molecular weight is 432 g/mol. The molecule has 0 bridgehead atoms. The Morgan fingerprint density at radius 2 is 1.73 bits per heavy atom. The van der Waals surface area contributed by atoms with Crippen molar-refractivity contribution in [3.05, 3.63) is 59.0 Å². The third-order valence-corrected chi connectivity index (χ3v) is 6.11. The van der Waals surface area contributed by atoms with Gasteiger partial charge in [-0.3, -0.25) is 14.5 Å². The van der Waals surface area contributed by atoms with E-state index in [1.54, 1.807) is 17.0 Å². The highest BCUT2D eigenvalue weighted by Crippen LogP contribution is 2.25. The molecule has 8 heteroatoms. The van der Waals surface area contributed by atoms with Gasteiger partial charge in [0.1, 0.15) is 0 Å². The molecule has 0 N–H and O–H groups in total. The van der Waals surface area contributed by atoms with E-state index in [0.29, 0.717) is 56.7 Å². The van der Waals surface area contributed by atoms with Crippen molar-refractivity contribution in [2.45, 2.75) is 19.1 Å². The summed E-state index contributed by atoms with van der Waals surface area (Å²) in [6.45, 7) is 5.98. The average Bonchev–Trinajstić information content (AvgIpc) is 3.33. The van der Waals surface area contributed by atoms with Gasteiger partial charge in [-0.25, -0.2) is 0 Å². The number of amides is 2. The van der Waals surface area contributed by atoms with E-state index in [2.05, 4.69) is 4.90 Å². The molecule has 0 spiro atoms. The van der Waals surface area contributed by atoms with Gasteiger partial charge in [0.2, 0.25) is 5.91 Å². The molecule has 0 saturated carbocycles. The lowest BCUT2D eigenvalue weighted by Gasteiger charge is -2.40. The lowest BCUT2D eigenvalue weighted by atomic mass is 10.1. The monoisotopic (exact) mass is 431 g/mol. The van der Waals surface area contributed by atoms with E-state index < -0.39 is 0 Å². The van der Waals surface area contributed by atoms with Gasteiger partial charge in [-0.1, -0.05) is 23.7 Å². The van der Waals surface area contributed by atoms with Crippen molar-refractivity contribution in [1.29, 1.82) is 0 Å². The summed E-state index contributed by atoms with van der Waals surface area (Å²) in [5, 5.41) is 0.694. The van der Waals surface area contributed by atoms with E-state index in [0.717, 1.165) is 5.56 Å². The zero-order valence-corrected chi connectivity index (χ0v) is 17.8. The van der Waals surface area contributed by atoms with Gasteiger partial charge in [0.05, 0.1) is 25.0 Å². The first-order chi connectivity index (χ1) is 14.5. The van der Waals surface area contributed by atoms with E-state index in [1.807, 2.05) is 36.1 Å². The first-order valence-corrected chi connectivity index (χ1v) is 10.6. The van der Waals surface area contributed by atoms with Gasteiger partial charge >= 0.3 is 0 Å².